The molecule has 0 aliphatic heterocycles. The molecule has 0 aliphatic rings. The topological polar surface area (TPSA) is 42.6 Å². The molecule has 0 saturated carbocycles. The van der Waals surface area contributed by atoms with Crippen LogP contribution in [0.2, 0.25) is 0 Å². The molecular weight excluding hydrogens is 228 g/mol. The number of rotatable bonds is 2. The first-order valence-corrected chi connectivity index (χ1v) is 5.64. The van der Waals surface area contributed by atoms with E-state index in [-0.39, 0.29) is 5.75 Å². The number of aromatic hydroxyl groups is 1. The van der Waals surface area contributed by atoms with Crippen molar-refractivity contribution < 1.29 is 14.3 Å². The van der Waals surface area contributed by atoms with Gasteiger partial charge in [0.15, 0.2) is 11.3 Å². The summed E-state index contributed by atoms with van der Waals surface area (Å²) in [7, 11) is 1.62. The monoisotopic (exact) mass is 240 g/mol. The van der Waals surface area contributed by atoms with E-state index in [0.717, 1.165) is 28.0 Å². The summed E-state index contributed by atoms with van der Waals surface area (Å²) in [6, 6.07) is 14.7. The minimum absolute atomic E-state index is 0.243. The molecule has 0 fully saturated rings. The fourth-order valence-electron chi connectivity index (χ4n) is 1.97. The Balaban J connectivity index is 2.16. The number of ether oxygens (including phenoxy) is 1. The molecule has 0 unspecified atom stereocenters. The van der Waals surface area contributed by atoms with Crippen LogP contribution in [0.15, 0.2) is 52.9 Å². The minimum atomic E-state index is 0.243. The Kier molecular flexibility index (Phi) is 2.45. The van der Waals surface area contributed by atoms with Crippen molar-refractivity contribution in [1.82, 2.24) is 0 Å². The van der Waals surface area contributed by atoms with Gasteiger partial charge in [-0.3, -0.25) is 0 Å². The summed E-state index contributed by atoms with van der Waals surface area (Å²) < 4.78 is 11.1. The van der Waals surface area contributed by atoms with Crippen LogP contribution >= 0.6 is 0 Å². The molecule has 1 N–H and O–H groups in total. The first-order chi connectivity index (χ1) is 8.78. The van der Waals surface area contributed by atoms with E-state index in [1.807, 2.05) is 36.4 Å². The maximum absolute atomic E-state index is 9.27. The van der Waals surface area contributed by atoms with Crippen molar-refractivity contribution in [3.05, 3.63) is 48.5 Å². The Labute approximate surface area is 104 Å². The molecule has 3 aromatic rings. The first-order valence-electron chi connectivity index (χ1n) is 5.64. The second-order valence-electron chi connectivity index (χ2n) is 4.04. The SMILES string of the molecule is COc1cccc2cc(-c3ccc(O)cc3)oc12. The summed E-state index contributed by atoms with van der Waals surface area (Å²) >= 11 is 0. The number of fused-ring (bicyclic) bond motifs is 1. The van der Waals surface area contributed by atoms with Crippen molar-refractivity contribution in [2.75, 3.05) is 7.11 Å². The molecule has 3 nitrogen and oxygen atoms in total. The van der Waals surface area contributed by atoms with Crippen LogP contribution in [0.4, 0.5) is 0 Å². The van der Waals surface area contributed by atoms with Gasteiger partial charge >= 0.3 is 0 Å². The number of phenolic OH excluding ortho intramolecular Hbond substituents is 1. The van der Waals surface area contributed by atoms with Crippen molar-refractivity contribution in [1.29, 1.82) is 0 Å². The van der Waals surface area contributed by atoms with E-state index in [4.69, 9.17) is 9.15 Å². The van der Waals surface area contributed by atoms with E-state index in [2.05, 4.69) is 0 Å². The smallest absolute Gasteiger partial charge is 0.176 e. The van der Waals surface area contributed by atoms with Crippen LogP contribution in [-0.2, 0) is 0 Å². The molecule has 0 bridgehead atoms. The Morgan fingerprint density at radius 1 is 1.06 bits per heavy atom. The van der Waals surface area contributed by atoms with Gasteiger partial charge in [0.05, 0.1) is 7.11 Å². The van der Waals surface area contributed by atoms with Crippen LogP contribution in [0.5, 0.6) is 11.5 Å². The van der Waals surface area contributed by atoms with Crippen LogP contribution in [0.1, 0.15) is 0 Å². The van der Waals surface area contributed by atoms with Gasteiger partial charge in [0, 0.05) is 10.9 Å². The number of hydrogen-bond donors (Lipinski definition) is 1. The third-order valence-corrected chi connectivity index (χ3v) is 2.88. The lowest BCUT2D eigenvalue weighted by Gasteiger charge is -1.99. The fourth-order valence-corrected chi connectivity index (χ4v) is 1.97. The molecule has 3 heteroatoms. The van der Waals surface area contributed by atoms with E-state index in [1.165, 1.54) is 0 Å². The number of para-hydroxylation sites is 1. The van der Waals surface area contributed by atoms with Crippen LogP contribution < -0.4 is 4.74 Å². The number of benzene rings is 2. The van der Waals surface area contributed by atoms with Gasteiger partial charge in [-0.2, -0.15) is 0 Å². The summed E-state index contributed by atoms with van der Waals surface area (Å²) in [4.78, 5) is 0. The fraction of sp³-hybridized carbons (Fsp3) is 0.0667. The van der Waals surface area contributed by atoms with Crippen molar-refractivity contribution >= 4 is 11.0 Å². The van der Waals surface area contributed by atoms with Gasteiger partial charge in [-0.15, -0.1) is 0 Å². The summed E-state index contributed by atoms with van der Waals surface area (Å²) in [6.45, 7) is 0. The largest absolute Gasteiger partial charge is 0.508 e. The zero-order valence-electron chi connectivity index (χ0n) is 9.88. The van der Waals surface area contributed by atoms with Crippen molar-refractivity contribution in [2.45, 2.75) is 0 Å². The van der Waals surface area contributed by atoms with E-state index in [1.54, 1.807) is 19.2 Å². The van der Waals surface area contributed by atoms with E-state index in [0.29, 0.717) is 0 Å². The summed E-state index contributed by atoms with van der Waals surface area (Å²) in [5, 5.41) is 10.3. The molecule has 0 radical (unpaired) electrons. The Hall–Kier alpha value is -2.42. The molecule has 0 saturated heterocycles. The van der Waals surface area contributed by atoms with E-state index < -0.39 is 0 Å². The molecule has 0 amide bonds. The first kappa shape index (κ1) is 10.7. The average Bonchev–Trinajstić information content (AvgIpc) is 2.83. The molecule has 1 aromatic heterocycles. The van der Waals surface area contributed by atoms with E-state index in [9.17, 15) is 5.11 Å². The van der Waals surface area contributed by atoms with Crippen molar-refractivity contribution in [2.24, 2.45) is 0 Å². The van der Waals surface area contributed by atoms with Crippen LogP contribution in [0.3, 0.4) is 0 Å². The molecular formula is C15H12O3. The van der Waals surface area contributed by atoms with Crippen LogP contribution in [-0.4, -0.2) is 12.2 Å². The maximum atomic E-state index is 9.27. The van der Waals surface area contributed by atoms with E-state index >= 15 is 0 Å². The third-order valence-electron chi connectivity index (χ3n) is 2.88. The average molecular weight is 240 g/mol. The highest BCUT2D eigenvalue weighted by Crippen LogP contribution is 2.33. The molecule has 18 heavy (non-hydrogen) atoms. The van der Waals surface area contributed by atoms with Gasteiger partial charge in [0.1, 0.15) is 11.5 Å². The van der Waals surface area contributed by atoms with Gasteiger partial charge in [-0.05, 0) is 36.4 Å². The van der Waals surface area contributed by atoms with Gasteiger partial charge in [0.2, 0.25) is 0 Å². The number of methoxy groups -OCH3 is 1. The van der Waals surface area contributed by atoms with Crippen LogP contribution in [0.25, 0.3) is 22.3 Å². The molecule has 3 rings (SSSR count). The number of furan rings is 1. The highest BCUT2D eigenvalue weighted by molar-refractivity contribution is 5.87. The highest BCUT2D eigenvalue weighted by atomic mass is 16.5. The zero-order valence-corrected chi connectivity index (χ0v) is 9.88. The number of phenols is 1. The molecule has 0 atom stereocenters. The van der Waals surface area contributed by atoms with Crippen molar-refractivity contribution in [3.8, 4) is 22.8 Å². The van der Waals surface area contributed by atoms with Gasteiger partial charge in [-0.1, -0.05) is 12.1 Å². The maximum Gasteiger partial charge on any atom is 0.176 e. The molecule has 2 aromatic carbocycles. The lowest BCUT2D eigenvalue weighted by molar-refractivity contribution is 0.411. The zero-order chi connectivity index (χ0) is 12.5. The van der Waals surface area contributed by atoms with Gasteiger partial charge in [-0.25, -0.2) is 0 Å². The molecule has 90 valence electrons. The molecule has 1 heterocycles. The summed E-state index contributed by atoms with van der Waals surface area (Å²) in [6.07, 6.45) is 0. The molecule has 0 spiro atoms. The predicted molar refractivity (Wildman–Crippen MR) is 69.9 cm³/mol. The van der Waals surface area contributed by atoms with Gasteiger partial charge < -0.3 is 14.3 Å². The van der Waals surface area contributed by atoms with Crippen LogP contribution in [0, 0.1) is 0 Å². The van der Waals surface area contributed by atoms with Gasteiger partial charge in [0.25, 0.3) is 0 Å². The standard InChI is InChI=1S/C15H12O3/c1-17-13-4-2-3-11-9-14(18-15(11)13)10-5-7-12(16)8-6-10/h2-9,16H,1H3. The second-order valence-corrected chi connectivity index (χ2v) is 4.04. The Bertz CT molecular complexity index is 681. The number of hydrogen-bond acceptors (Lipinski definition) is 3. The Morgan fingerprint density at radius 2 is 1.83 bits per heavy atom. The Morgan fingerprint density at radius 3 is 2.56 bits per heavy atom. The second kappa shape index (κ2) is 4.11. The summed E-state index contributed by atoms with van der Waals surface area (Å²) in [5.74, 6) is 1.72. The quantitative estimate of drug-likeness (QED) is 0.740. The van der Waals surface area contributed by atoms with Crippen molar-refractivity contribution in [3.63, 3.8) is 0 Å². The summed E-state index contributed by atoms with van der Waals surface area (Å²) in [5.41, 5.74) is 1.66. The lowest BCUT2D eigenvalue weighted by atomic mass is 10.1. The highest BCUT2D eigenvalue weighted by Gasteiger charge is 2.09. The predicted octanol–water partition coefficient (Wildman–Crippen LogP) is 3.81. The molecule has 0 aliphatic carbocycles. The normalized spacial score (nSPS) is 10.7. The third kappa shape index (κ3) is 1.70. The minimum Gasteiger partial charge on any atom is -0.508 e. The lowest BCUT2D eigenvalue weighted by Crippen LogP contribution is -1.81.